The van der Waals surface area contributed by atoms with E-state index in [1.54, 1.807) is 47.4 Å². The standard InChI is InChI=1S/C21H27N3O5S/c1-5-23(6-2)21(26)18-12-7-8-13-19(18)22-20(25)15-24(30(4,27)28)16-10-9-11-17(14-16)29-3/h7-14H,5-6,15H2,1-4H3,(H,22,25). The highest BCUT2D eigenvalue weighted by atomic mass is 32.2. The maximum atomic E-state index is 12.7. The summed E-state index contributed by atoms with van der Waals surface area (Å²) in [6.07, 6.45) is 1.03. The first kappa shape index (κ1) is 23.2. The van der Waals surface area contributed by atoms with Crippen molar-refractivity contribution in [3.8, 4) is 5.75 Å². The number of hydrogen-bond acceptors (Lipinski definition) is 5. The zero-order valence-electron chi connectivity index (χ0n) is 17.6. The van der Waals surface area contributed by atoms with Gasteiger partial charge in [0, 0.05) is 19.2 Å². The lowest BCUT2D eigenvalue weighted by Crippen LogP contribution is -2.38. The van der Waals surface area contributed by atoms with Crippen molar-refractivity contribution in [1.82, 2.24) is 4.90 Å². The first-order valence-corrected chi connectivity index (χ1v) is 11.4. The number of sulfonamides is 1. The summed E-state index contributed by atoms with van der Waals surface area (Å²) in [6, 6.07) is 13.1. The van der Waals surface area contributed by atoms with E-state index < -0.39 is 22.5 Å². The molecule has 0 heterocycles. The number of nitrogens with zero attached hydrogens (tertiary/aromatic N) is 2. The van der Waals surface area contributed by atoms with Gasteiger partial charge in [0.05, 0.1) is 30.3 Å². The molecule has 2 aromatic rings. The van der Waals surface area contributed by atoms with E-state index in [1.807, 2.05) is 13.8 Å². The molecule has 2 rings (SSSR count). The highest BCUT2D eigenvalue weighted by Gasteiger charge is 2.23. The number of benzene rings is 2. The number of hydrogen-bond donors (Lipinski definition) is 1. The third-order valence-electron chi connectivity index (χ3n) is 4.51. The molecule has 30 heavy (non-hydrogen) atoms. The van der Waals surface area contributed by atoms with Crippen LogP contribution in [0.25, 0.3) is 0 Å². The van der Waals surface area contributed by atoms with E-state index in [-0.39, 0.29) is 5.91 Å². The van der Waals surface area contributed by atoms with Gasteiger partial charge in [-0.05, 0) is 38.1 Å². The zero-order chi connectivity index (χ0) is 22.3. The molecule has 0 saturated heterocycles. The molecule has 0 aliphatic heterocycles. The van der Waals surface area contributed by atoms with Crippen LogP contribution >= 0.6 is 0 Å². The summed E-state index contributed by atoms with van der Waals surface area (Å²) in [4.78, 5) is 27.1. The Morgan fingerprint density at radius 1 is 1.03 bits per heavy atom. The molecule has 0 aliphatic rings. The number of carbonyl (C=O) groups excluding carboxylic acids is 2. The van der Waals surface area contributed by atoms with Crippen LogP contribution in [-0.4, -0.2) is 58.1 Å². The second-order valence-electron chi connectivity index (χ2n) is 6.54. The van der Waals surface area contributed by atoms with Crippen molar-refractivity contribution in [2.45, 2.75) is 13.8 Å². The molecular formula is C21H27N3O5S. The van der Waals surface area contributed by atoms with Crippen LogP contribution in [0.4, 0.5) is 11.4 Å². The summed E-state index contributed by atoms with van der Waals surface area (Å²) in [5.74, 6) is -0.302. The lowest BCUT2D eigenvalue weighted by atomic mass is 10.1. The van der Waals surface area contributed by atoms with E-state index >= 15 is 0 Å². The number of nitrogens with one attached hydrogen (secondary N) is 1. The van der Waals surface area contributed by atoms with Crippen LogP contribution in [0.2, 0.25) is 0 Å². The smallest absolute Gasteiger partial charge is 0.255 e. The first-order chi connectivity index (χ1) is 14.2. The molecule has 0 atom stereocenters. The lowest BCUT2D eigenvalue weighted by Gasteiger charge is -2.23. The van der Waals surface area contributed by atoms with Gasteiger partial charge in [0.25, 0.3) is 5.91 Å². The second kappa shape index (κ2) is 10.1. The predicted molar refractivity (Wildman–Crippen MR) is 118 cm³/mol. The Morgan fingerprint density at radius 2 is 1.70 bits per heavy atom. The number of ether oxygens (including phenoxy) is 1. The van der Waals surface area contributed by atoms with E-state index in [0.717, 1.165) is 10.6 Å². The van der Waals surface area contributed by atoms with Gasteiger partial charge >= 0.3 is 0 Å². The van der Waals surface area contributed by atoms with Crippen LogP contribution in [0.1, 0.15) is 24.2 Å². The Hall–Kier alpha value is -3.07. The normalized spacial score (nSPS) is 10.9. The maximum Gasteiger partial charge on any atom is 0.255 e. The minimum Gasteiger partial charge on any atom is -0.497 e. The minimum atomic E-state index is -3.74. The number of rotatable bonds is 9. The third-order valence-corrected chi connectivity index (χ3v) is 5.65. The van der Waals surface area contributed by atoms with Gasteiger partial charge in [-0.3, -0.25) is 13.9 Å². The van der Waals surface area contributed by atoms with Crippen LogP contribution < -0.4 is 14.4 Å². The molecule has 0 radical (unpaired) electrons. The van der Waals surface area contributed by atoms with Gasteiger partial charge in [0.1, 0.15) is 12.3 Å². The summed E-state index contributed by atoms with van der Waals surface area (Å²) in [7, 11) is -2.26. The van der Waals surface area contributed by atoms with Gasteiger partial charge in [0.15, 0.2) is 0 Å². The Labute approximate surface area is 177 Å². The van der Waals surface area contributed by atoms with E-state index in [2.05, 4.69) is 5.32 Å². The van der Waals surface area contributed by atoms with Gasteiger partial charge in [-0.1, -0.05) is 18.2 Å². The van der Waals surface area contributed by atoms with E-state index in [4.69, 9.17) is 4.74 Å². The first-order valence-electron chi connectivity index (χ1n) is 9.51. The van der Waals surface area contributed by atoms with Gasteiger partial charge in [-0.15, -0.1) is 0 Å². The summed E-state index contributed by atoms with van der Waals surface area (Å²) in [5, 5.41) is 2.67. The van der Waals surface area contributed by atoms with Gasteiger partial charge in [-0.2, -0.15) is 0 Å². The van der Waals surface area contributed by atoms with E-state index in [9.17, 15) is 18.0 Å². The fourth-order valence-electron chi connectivity index (χ4n) is 2.95. The molecule has 2 amide bonds. The van der Waals surface area contributed by atoms with Gasteiger partial charge < -0.3 is 15.0 Å². The topological polar surface area (TPSA) is 96.0 Å². The Kier molecular flexibility index (Phi) is 7.82. The van der Waals surface area contributed by atoms with Crippen LogP contribution in [0.5, 0.6) is 5.75 Å². The number of methoxy groups -OCH3 is 1. The van der Waals surface area contributed by atoms with Crippen LogP contribution in [-0.2, 0) is 14.8 Å². The maximum absolute atomic E-state index is 12.7. The molecule has 162 valence electrons. The van der Waals surface area contributed by atoms with E-state index in [0.29, 0.717) is 35.8 Å². The predicted octanol–water partition coefficient (Wildman–Crippen LogP) is 2.58. The minimum absolute atomic E-state index is 0.205. The monoisotopic (exact) mass is 433 g/mol. The largest absolute Gasteiger partial charge is 0.497 e. The Morgan fingerprint density at radius 3 is 2.30 bits per heavy atom. The number of carbonyl (C=O) groups is 2. The highest BCUT2D eigenvalue weighted by Crippen LogP contribution is 2.23. The van der Waals surface area contributed by atoms with Crippen molar-refractivity contribution in [2.75, 3.05) is 42.6 Å². The quantitative estimate of drug-likeness (QED) is 0.656. The highest BCUT2D eigenvalue weighted by molar-refractivity contribution is 7.92. The van der Waals surface area contributed by atoms with Gasteiger partial charge in [0.2, 0.25) is 15.9 Å². The number of anilines is 2. The number of para-hydroxylation sites is 1. The molecule has 0 bridgehead atoms. The van der Waals surface area contributed by atoms with Crippen molar-refractivity contribution in [3.63, 3.8) is 0 Å². The van der Waals surface area contributed by atoms with Crippen molar-refractivity contribution < 1.29 is 22.7 Å². The lowest BCUT2D eigenvalue weighted by molar-refractivity contribution is -0.114. The molecule has 0 aromatic heterocycles. The molecule has 0 spiro atoms. The Bertz CT molecular complexity index is 1000. The van der Waals surface area contributed by atoms with Gasteiger partial charge in [-0.25, -0.2) is 8.42 Å². The average Bonchev–Trinajstić information content (AvgIpc) is 2.72. The summed E-state index contributed by atoms with van der Waals surface area (Å²) < 4.78 is 30.7. The van der Waals surface area contributed by atoms with Crippen LogP contribution in [0.3, 0.4) is 0 Å². The summed E-state index contributed by atoms with van der Waals surface area (Å²) >= 11 is 0. The Balaban J connectivity index is 2.28. The molecule has 1 N–H and O–H groups in total. The average molecular weight is 434 g/mol. The van der Waals surface area contributed by atoms with Crippen molar-refractivity contribution in [1.29, 1.82) is 0 Å². The molecule has 8 nitrogen and oxygen atoms in total. The summed E-state index contributed by atoms with van der Waals surface area (Å²) in [5.41, 5.74) is 0.986. The molecule has 2 aromatic carbocycles. The summed E-state index contributed by atoms with van der Waals surface area (Å²) in [6.45, 7) is 4.38. The van der Waals surface area contributed by atoms with Crippen LogP contribution in [0, 0.1) is 0 Å². The van der Waals surface area contributed by atoms with Crippen LogP contribution in [0.15, 0.2) is 48.5 Å². The van der Waals surface area contributed by atoms with E-state index in [1.165, 1.54) is 13.2 Å². The zero-order valence-corrected chi connectivity index (χ0v) is 18.4. The SMILES string of the molecule is CCN(CC)C(=O)c1ccccc1NC(=O)CN(c1cccc(OC)c1)S(C)(=O)=O. The molecular weight excluding hydrogens is 406 g/mol. The van der Waals surface area contributed by atoms with Crippen molar-refractivity contribution >= 4 is 33.2 Å². The molecule has 0 aliphatic carbocycles. The molecule has 9 heteroatoms. The second-order valence-corrected chi connectivity index (χ2v) is 8.45. The molecule has 0 fully saturated rings. The molecule has 0 saturated carbocycles. The van der Waals surface area contributed by atoms with Crippen molar-refractivity contribution in [2.24, 2.45) is 0 Å². The fraction of sp³-hybridized carbons (Fsp3) is 0.333. The molecule has 0 unspecified atom stereocenters. The fourth-order valence-corrected chi connectivity index (χ4v) is 3.79. The van der Waals surface area contributed by atoms with Crippen molar-refractivity contribution in [3.05, 3.63) is 54.1 Å². The third kappa shape index (κ3) is 5.73. The number of amides is 2.